The molecule has 13 nitrogen and oxygen atoms in total. The van der Waals surface area contributed by atoms with E-state index in [4.69, 9.17) is 5.73 Å². The maximum atomic E-state index is 12.7. The number of nitrogen functional groups attached to an aromatic ring is 1. The number of aliphatic carboxylic acids is 1. The fourth-order valence-electron chi connectivity index (χ4n) is 3.11. The number of anilines is 1. The normalized spacial score (nSPS) is 19.9. The molecular formula is C18H21N6NaO7S5. The SMILES string of the molecule is CS(=O)(=O)NCCSC/C=C\SC1=C(C(=O)[O-])N2C(=O)C(NC(=O)/C(=N\O)c3csc(N)n3)[C@H]2SC1.[Na+]. The maximum Gasteiger partial charge on any atom is 1.00 e. The number of nitrogens with zero attached hydrogens (tertiary/aromatic N) is 3. The summed E-state index contributed by atoms with van der Waals surface area (Å²) in [7, 11) is -3.22. The van der Waals surface area contributed by atoms with Gasteiger partial charge in [-0.15, -0.1) is 23.1 Å². The van der Waals surface area contributed by atoms with Crippen LogP contribution in [-0.4, -0.2) is 88.5 Å². The number of thioether (sulfide) groups is 3. The van der Waals surface area contributed by atoms with Gasteiger partial charge in [-0.1, -0.05) is 23.0 Å². The first-order chi connectivity index (χ1) is 17.0. The third-order valence-electron chi connectivity index (χ3n) is 4.62. The molecule has 2 amide bonds. The van der Waals surface area contributed by atoms with Crippen molar-refractivity contribution >= 4 is 85.3 Å². The van der Waals surface area contributed by atoms with Gasteiger partial charge in [-0.2, -0.15) is 11.8 Å². The number of hydrogen-bond donors (Lipinski definition) is 4. The zero-order valence-electron chi connectivity index (χ0n) is 19.6. The third-order valence-corrected chi connectivity index (χ3v) is 9.36. The molecule has 2 aliphatic heterocycles. The number of carbonyl (C=O) groups is 3. The van der Waals surface area contributed by atoms with Crippen LogP contribution in [0, 0.1) is 0 Å². The van der Waals surface area contributed by atoms with Crippen LogP contribution in [0.15, 0.2) is 32.6 Å². The van der Waals surface area contributed by atoms with Gasteiger partial charge in [-0.05, 0) is 5.41 Å². The second-order valence-electron chi connectivity index (χ2n) is 7.17. The molecule has 0 spiro atoms. The van der Waals surface area contributed by atoms with E-state index in [2.05, 4.69) is 20.2 Å². The van der Waals surface area contributed by atoms with Gasteiger partial charge in [0.05, 0.1) is 17.9 Å². The van der Waals surface area contributed by atoms with Crippen molar-refractivity contribution in [1.82, 2.24) is 19.9 Å². The van der Waals surface area contributed by atoms with E-state index in [9.17, 15) is 33.1 Å². The van der Waals surface area contributed by atoms with Gasteiger partial charge >= 0.3 is 29.6 Å². The van der Waals surface area contributed by atoms with Crippen molar-refractivity contribution in [2.75, 3.05) is 35.8 Å². The number of hydrogen-bond acceptors (Lipinski definition) is 14. The molecule has 2 atom stereocenters. The minimum Gasteiger partial charge on any atom is -0.543 e. The summed E-state index contributed by atoms with van der Waals surface area (Å²) < 4.78 is 24.4. The predicted molar refractivity (Wildman–Crippen MR) is 139 cm³/mol. The van der Waals surface area contributed by atoms with Gasteiger partial charge in [0.15, 0.2) is 10.8 Å². The monoisotopic (exact) mass is 616 g/mol. The number of nitrogens with one attached hydrogen (secondary N) is 2. The Kier molecular flexibility index (Phi) is 12.3. The Hall–Kier alpha value is -1.25. The largest absolute Gasteiger partial charge is 1.00 e. The number of sulfonamides is 1. The Balaban J connectivity index is 0.00000481. The molecule has 0 aromatic carbocycles. The van der Waals surface area contributed by atoms with E-state index in [0.717, 1.165) is 34.3 Å². The summed E-state index contributed by atoms with van der Waals surface area (Å²) in [5.41, 5.74) is 4.91. The van der Waals surface area contributed by atoms with E-state index in [0.29, 0.717) is 23.0 Å². The number of carboxylic acid groups (broad SMARTS) is 1. The van der Waals surface area contributed by atoms with Gasteiger partial charge in [-0.3, -0.25) is 14.5 Å². The molecule has 196 valence electrons. The van der Waals surface area contributed by atoms with Crippen LogP contribution in [0.3, 0.4) is 0 Å². The number of carbonyl (C=O) groups excluding carboxylic acids is 3. The number of rotatable bonds is 12. The van der Waals surface area contributed by atoms with Gasteiger partial charge in [-0.25, -0.2) is 18.1 Å². The molecule has 1 unspecified atom stereocenters. The second kappa shape index (κ2) is 14.2. The van der Waals surface area contributed by atoms with Crippen molar-refractivity contribution in [2.24, 2.45) is 5.16 Å². The first-order valence-corrected chi connectivity index (χ1v) is 15.9. The van der Waals surface area contributed by atoms with Crippen LogP contribution < -0.4 is 50.4 Å². The zero-order valence-corrected chi connectivity index (χ0v) is 25.7. The Morgan fingerprint density at radius 2 is 2.19 bits per heavy atom. The molecule has 0 radical (unpaired) electrons. The van der Waals surface area contributed by atoms with Crippen LogP contribution >= 0.6 is 46.6 Å². The molecule has 1 aromatic rings. The van der Waals surface area contributed by atoms with Crippen molar-refractivity contribution in [2.45, 2.75) is 11.4 Å². The van der Waals surface area contributed by atoms with E-state index >= 15 is 0 Å². The number of carboxylic acids is 1. The van der Waals surface area contributed by atoms with Crippen LogP contribution in [0.25, 0.3) is 0 Å². The second-order valence-corrected chi connectivity index (χ2v) is 13.1. The molecule has 37 heavy (non-hydrogen) atoms. The van der Waals surface area contributed by atoms with E-state index < -0.39 is 44.9 Å². The van der Waals surface area contributed by atoms with Crippen molar-refractivity contribution in [1.29, 1.82) is 0 Å². The molecule has 19 heteroatoms. The van der Waals surface area contributed by atoms with Crippen molar-refractivity contribution < 1.29 is 62.7 Å². The number of fused-ring (bicyclic) bond motifs is 1. The average Bonchev–Trinajstić information content (AvgIpc) is 3.23. The molecule has 1 saturated heterocycles. The van der Waals surface area contributed by atoms with Gasteiger partial charge in [0.2, 0.25) is 10.0 Å². The number of β-lactam (4-membered cyclic amide) rings is 1. The molecule has 3 rings (SSSR count). The number of aromatic nitrogens is 1. The Morgan fingerprint density at radius 3 is 2.78 bits per heavy atom. The standard InChI is InChI=1S/C18H22N6O7S5.Na/c1-36(30,31)20-3-6-32-4-2-5-33-10-8-34-16-12(15(26)24(16)13(10)17(27)28)22-14(25)11(23-29)9-7-35-18(19)21-9;/h2,5,7,12,16,20,29H,3-4,6,8H2,1H3,(H2,19,21)(H,22,25)(H,27,28);/q;+1/p-1/b5-2-,23-11-;/t12?,16-;/m1./s1. The predicted octanol–water partition coefficient (Wildman–Crippen LogP) is -4.20. The summed E-state index contributed by atoms with van der Waals surface area (Å²) >= 11 is 4.95. The van der Waals surface area contributed by atoms with Gasteiger partial charge in [0.1, 0.15) is 17.1 Å². The molecule has 0 bridgehead atoms. The van der Waals surface area contributed by atoms with Gasteiger partial charge in [0.25, 0.3) is 11.8 Å². The van der Waals surface area contributed by atoms with Crippen molar-refractivity contribution in [3.8, 4) is 0 Å². The molecule has 1 aromatic heterocycles. The van der Waals surface area contributed by atoms with E-state index in [1.54, 1.807) is 11.5 Å². The van der Waals surface area contributed by atoms with Gasteiger partial charge < -0.3 is 26.2 Å². The number of nitrogens with two attached hydrogens (primary N) is 1. The summed E-state index contributed by atoms with van der Waals surface area (Å²) in [6, 6.07) is -1.02. The minimum atomic E-state index is -3.22. The molecule has 5 N–H and O–H groups in total. The van der Waals surface area contributed by atoms with Crippen LogP contribution in [-0.2, 0) is 24.4 Å². The Bertz CT molecular complexity index is 1240. The third kappa shape index (κ3) is 8.37. The molecule has 1 fully saturated rings. The van der Waals surface area contributed by atoms with Crippen molar-refractivity contribution in [3.63, 3.8) is 0 Å². The van der Waals surface area contributed by atoms with E-state index in [1.807, 2.05) is 0 Å². The number of thiazole rings is 1. The summed E-state index contributed by atoms with van der Waals surface area (Å²) in [6.07, 6.45) is 2.89. The molecule has 0 saturated carbocycles. The fourth-order valence-corrected chi connectivity index (χ4v) is 7.35. The van der Waals surface area contributed by atoms with Crippen LogP contribution in [0.4, 0.5) is 5.13 Å². The maximum absolute atomic E-state index is 12.7. The number of oxime groups is 1. The molecule has 3 heterocycles. The van der Waals surface area contributed by atoms with Gasteiger partial charge in [0, 0.05) is 34.1 Å². The first-order valence-electron chi connectivity index (χ1n) is 10.0. The summed E-state index contributed by atoms with van der Waals surface area (Å²) in [5.74, 6) is -1.57. The Labute approximate surface area is 251 Å². The number of amides is 2. The van der Waals surface area contributed by atoms with Crippen molar-refractivity contribution in [3.05, 3.63) is 33.2 Å². The van der Waals surface area contributed by atoms with E-state index in [1.165, 1.54) is 28.9 Å². The molecule has 0 aliphatic carbocycles. The van der Waals surface area contributed by atoms with Crippen LogP contribution in [0.2, 0.25) is 0 Å². The summed E-state index contributed by atoms with van der Waals surface area (Å²) in [4.78, 5) is 42.5. The van der Waals surface area contributed by atoms with E-state index in [-0.39, 0.29) is 51.8 Å². The Morgan fingerprint density at radius 1 is 1.46 bits per heavy atom. The van der Waals surface area contributed by atoms with Crippen LogP contribution in [0.5, 0.6) is 0 Å². The molecular weight excluding hydrogens is 596 g/mol. The zero-order chi connectivity index (χ0) is 26.5. The fraction of sp³-hybridized carbons (Fsp3) is 0.389. The minimum absolute atomic E-state index is 0. The topological polar surface area (TPSA) is 207 Å². The van der Waals surface area contributed by atoms with Crippen LogP contribution in [0.1, 0.15) is 5.69 Å². The quantitative estimate of drug-likeness (QED) is 0.0440. The summed E-state index contributed by atoms with van der Waals surface area (Å²) in [6.45, 7) is 0.306. The smallest absolute Gasteiger partial charge is 0.543 e. The first kappa shape index (κ1) is 32.0. The molecule has 2 aliphatic rings. The average molecular weight is 617 g/mol. The summed E-state index contributed by atoms with van der Waals surface area (Å²) in [5, 5.41) is 29.1.